The predicted molar refractivity (Wildman–Crippen MR) is 78.0 cm³/mol. The maximum atomic E-state index is 12.0. The van der Waals surface area contributed by atoms with Crippen molar-refractivity contribution in [2.75, 3.05) is 7.11 Å². The molecular weight excluding hydrogens is 248 g/mol. The summed E-state index contributed by atoms with van der Waals surface area (Å²) in [6.07, 6.45) is 6.74. The summed E-state index contributed by atoms with van der Waals surface area (Å²) in [5.41, 5.74) is 3.02. The third kappa shape index (κ3) is 1.73. The molecule has 4 atom stereocenters. The van der Waals surface area contributed by atoms with E-state index in [0.717, 1.165) is 37.4 Å². The van der Waals surface area contributed by atoms with E-state index in [0.29, 0.717) is 23.5 Å². The Labute approximate surface area is 120 Å². The molecule has 20 heavy (non-hydrogen) atoms. The molecule has 1 aromatic carbocycles. The van der Waals surface area contributed by atoms with Gasteiger partial charge in [-0.1, -0.05) is 6.07 Å². The maximum absolute atomic E-state index is 12.0. The molecule has 106 valence electrons. The quantitative estimate of drug-likeness (QED) is 0.777. The van der Waals surface area contributed by atoms with E-state index in [-0.39, 0.29) is 0 Å². The molecular formula is C18H22O2. The number of hydrogen-bond donors (Lipinski definition) is 0. The van der Waals surface area contributed by atoms with E-state index >= 15 is 0 Å². The van der Waals surface area contributed by atoms with E-state index in [1.54, 1.807) is 12.7 Å². The molecule has 0 aliphatic heterocycles. The van der Waals surface area contributed by atoms with Crippen LogP contribution in [0.15, 0.2) is 18.2 Å². The Morgan fingerprint density at radius 3 is 2.60 bits per heavy atom. The Morgan fingerprint density at radius 2 is 1.75 bits per heavy atom. The van der Waals surface area contributed by atoms with Crippen LogP contribution in [-0.2, 0) is 11.2 Å². The van der Waals surface area contributed by atoms with Gasteiger partial charge in [-0.05, 0) is 73.1 Å². The van der Waals surface area contributed by atoms with Crippen molar-refractivity contribution >= 4 is 5.78 Å². The highest BCUT2D eigenvalue weighted by Gasteiger charge is 2.47. The molecule has 2 nitrogen and oxygen atoms in total. The van der Waals surface area contributed by atoms with E-state index < -0.39 is 0 Å². The zero-order valence-electron chi connectivity index (χ0n) is 12.1. The van der Waals surface area contributed by atoms with E-state index in [2.05, 4.69) is 18.2 Å². The number of carbonyl (C=O) groups excluding carboxylic acids is 1. The predicted octanol–water partition coefficient (Wildman–Crippen LogP) is 3.73. The van der Waals surface area contributed by atoms with E-state index in [4.69, 9.17) is 4.74 Å². The summed E-state index contributed by atoms with van der Waals surface area (Å²) >= 11 is 0. The lowest BCUT2D eigenvalue weighted by atomic mass is 9.61. The number of ether oxygens (including phenoxy) is 1. The average molecular weight is 270 g/mol. The molecule has 0 bridgehead atoms. The Morgan fingerprint density at radius 1 is 1.00 bits per heavy atom. The number of methoxy groups -OCH3 is 1. The normalized spacial score (nSPS) is 35.1. The summed E-state index contributed by atoms with van der Waals surface area (Å²) < 4.78 is 5.36. The van der Waals surface area contributed by atoms with Crippen molar-refractivity contribution in [1.29, 1.82) is 0 Å². The zero-order valence-corrected chi connectivity index (χ0v) is 12.1. The fourth-order valence-corrected chi connectivity index (χ4v) is 5.10. The van der Waals surface area contributed by atoms with E-state index in [1.165, 1.54) is 18.4 Å². The lowest BCUT2D eigenvalue weighted by Gasteiger charge is -2.43. The Kier molecular flexibility index (Phi) is 2.87. The van der Waals surface area contributed by atoms with Crippen molar-refractivity contribution in [2.45, 2.75) is 44.4 Å². The molecule has 4 rings (SSSR count). The summed E-state index contributed by atoms with van der Waals surface area (Å²) in [6, 6.07) is 6.60. The largest absolute Gasteiger partial charge is 0.497 e. The fourth-order valence-electron chi connectivity index (χ4n) is 5.10. The van der Waals surface area contributed by atoms with Crippen LogP contribution in [-0.4, -0.2) is 12.9 Å². The number of fused-ring (bicyclic) bond motifs is 5. The molecule has 0 N–H and O–H groups in total. The minimum absolute atomic E-state index is 0.399. The molecule has 1 aromatic rings. The molecule has 2 saturated carbocycles. The van der Waals surface area contributed by atoms with Crippen molar-refractivity contribution in [3.63, 3.8) is 0 Å². The van der Waals surface area contributed by atoms with Gasteiger partial charge in [-0.2, -0.15) is 0 Å². The van der Waals surface area contributed by atoms with Gasteiger partial charge < -0.3 is 4.74 Å². The van der Waals surface area contributed by atoms with Crippen molar-refractivity contribution in [3.05, 3.63) is 29.3 Å². The van der Waals surface area contributed by atoms with Crippen LogP contribution in [0.3, 0.4) is 0 Å². The number of rotatable bonds is 1. The molecule has 0 aromatic heterocycles. The van der Waals surface area contributed by atoms with Crippen LogP contribution in [0.25, 0.3) is 0 Å². The van der Waals surface area contributed by atoms with Crippen molar-refractivity contribution in [1.82, 2.24) is 0 Å². The summed E-state index contributed by atoms with van der Waals surface area (Å²) in [6.45, 7) is 0. The van der Waals surface area contributed by atoms with Gasteiger partial charge in [0.1, 0.15) is 11.5 Å². The van der Waals surface area contributed by atoms with Gasteiger partial charge in [-0.25, -0.2) is 0 Å². The lowest BCUT2D eigenvalue weighted by molar-refractivity contribution is -0.122. The topological polar surface area (TPSA) is 26.3 Å². The highest BCUT2D eigenvalue weighted by molar-refractivity contribution is 5.83. The third-order valence-corrected chi connectivity index (χ3v) is 6.01. The molecule has 0 radical (unpaired) electrons. The van der Waals surface area contributed by atoms with Crippen LogP contribution in [0.2, 0.25) is 0 Å². The summed E-state index contributed by atoms with van der Waals surface area (Å²) in [7, 11) is 1.74. The van der Waals surface area contributed by atoms with Crippen LogP contribution in [0.5, 0.6) is 5.75 Å². The van der Waals surface area contributed by atoms with E-state index in [9.17, 15) is 4.79 Å². The summed E-state index contributed by atoms with van der Waals surface area (Å²) in [4.78, 5) is 12.0. The molecule has 4 unspecified atom stereocenters. The summed E-state index contributed by atoms with van der Waals surface area (Å²) in [5, 5.41) is 0. The molecule has 0 heterocycles. The Hall–Kier alpha value is -1.31. The summed E-state index contributed by atoms with van der Waals surface area (Å²) in [5.74, 6) is 4.05. The van der Waals surface area contributed by atoms with Gasteiger partial charge in [0.05, 0.1) is 7.11 Å². The monoisotopic (exact) mass is 270 g/mol. The van der Waals surface area contributed by atoms with Crippen LogP contribution < -0.4 is 4.74 Å². The second kappa shape index (κ2) is 4.61. The molecule has 0 amide bonds. The first-order valence-electron chi connectivity index (χ1n) is 7.97. The van der Waals surface area contributed by atoms with Gasteiger partial charge in [0.15, 0.2) is 0 Å². The first kappa shape index (κ1) is 12.4. The van der Waals surface area contributed by atoms with Crippen molar-refractivity contribution in [2.24, 2.45) is 17.8 Å². The molecule has 2 fully saturated rings. The zero-order chi connectivity index (χ0) is 13.7. The van der Waals surface area contributed by atoms with Gasteiger partial charge in [0.2, 0.25) is 0 Å². The van der Waals surface area contributed by atoms with Gasteiger partial charge in [0.25, 0.3) is 0 Å². The maximum Gasteiger partial charge on any atom is 0.136 e. The number of hydrogen-bond acceptors (Lipinski definition) is 2. The van der Waals surface area contributed by atoms with Gasteiger partial charge in [0, 0.05) is 12.3 Å². The van der Waals surface area contributed by atoms with Crippen LogP contribution >= 0.6 is 0 Å². The van der Waals surface area contributed by atoms with Crippen LogP contribution in [0.4, 0.5) is 0 Å². The van der Waals surface area contributed by atoms with Crippen LogP contribution in [0.1, 0.15) is 49.1 Å². The molecule has 3 aliphatic rings. The number of ketones is 1. The smallest absolute Gasteiger partial charge is 0.136 e. The molecule has 0 spiro atoms. The third-order valence-electron chi connectivity index (χ3n) is 6.01. The van der Waals surface area contributed by atoms with Gasteiger partial charge >= 0.3 is 0 Å². The number of benzene rings is 1. The molecule has 0 saturated heterocycles. The van der Waals surface area contributed by atoms with Crippen molar-refractivity contribution in [3.8, 4) is 5.75 Å². The number of aryl methyl sites for hydroxylation is 1. The fraction of sp³-hybridized carbons (Fsp3) is 0.611. The highest BCUT2D eigenvalue weighted by Crippen LogP contribution is 2.54. The number of Topliss-reactive ketones (excluding diaryl/α,β-unsaturated/α-hetero) is 1. The standard InChI is InChI=1S/C18H22O2/c1-20-12-3-5-13-11(10-12)2-4-15-14(13)6-7-17-16(15)8-9-18(17)19/h3,5,10,14-17H,2,4,6-9H2,1H3. The van der Waals surface area contributed by atoms with Crippen molar-refractivity contribution < 1.29 is 9.53 Å². The first-order chi connectivity index (χ1) is 9.78. The number of carbonyl (C=O) groups is 1. The second-order valence-electron chi connectivity index (χ2n) is 6.73. The van der Waals surface area contributed by atoms with Gasteiger partial charge in [-0.15, -0.1) is 0 Å². The highest BCUT2D eigenvalue weighted by atomic mass is 16.5. The molecule has 3 aliphatic carbocycles. The van der Waals surface area contributed by atoms with Crippen LogP contribution in [0, 0.1) is 17.8 Å². The minimum Gasteiger partial charge on any atom is -0.497 e. The Bertz CT molecular complexity index is 548. The second-order valence-corrected chi connectivity index (χ2v) is 6.73. The SMILES string of the molecule is COc1ccc2c(c1)CCC1C2CCC2C(=O)CCC21. The van der Waals surface area contributed by atoms with E-state index in [1.807, 2.05) is 0 Å². The average Bonchev–Trinajstić information content (AvgIpc) is 2.88. The minimum atomic E-state index is 0.399. The first-order valence-corrected chi connectivity index (χ1v) is 7.97. The lowest BCUT2D eigenvalue weighted by Crippen LogP contribution is -2.35. The van der Waals surface area contributed by atoms with Gasteiger partial charge in [-0.3, -0.25) is 4.79 Å². The molecule has 2 heteroatoms. The Balaban J connectivity index is 1.67.